The first-order valence-electron chi connectivity index (χ1n) is 10.6. The van der Waals surface area contributed by atoms with Crippen LogP contribution in [0, 0.1) is 0 Å². The van der Waals surface area contributed by atoms with Gasteiger partial charge in [-0.2, -0.15) is 4.31 Å². The molecular formula is C23H31N3O3S. The Morgan fingerprint density at radius 1 is 1.00 bits per heavy atom. The van der Waals surface area contributed by atoms with Crippen LogP contribution in [0.1, 0.15) is 48.9 Å². The standard InChI is InChI=1S/C23H31N3O3S/c1-26(21-13-6-3-7-14-21)30(28,29)22-15-8-10-19(18-22)23(27)25-17-9-16-24-20-11-4-2-5-12-20/h2,4-5,8,10-12,15,18,21,24H,3,6-7,9,13-14,16-17H2,1H3,(H,25,27). The van der Waals surface area contributed by atoms with Gasteiger partial charge in [0, 0.05) is 37.4 Å². The second-order valence-electron chi connectivity index (χ2n) is 7.74. The highest BCUT2D eigenvalue weighted by molar-refractivity contribution is 7.89. The fraction of sp³-hybridized carbons (Fsp3) is 0.435. The van der Waals surface area contributed by atoms with Gasteiger partial charge in [0.05, 0.1) is 4.90 Å². The van der Waals surface area contributed by atoms with Crippen LogP contribution in [0.2, 0.25) is 0 Å². The highest BCUT2D eigenvalue weighted by Crippen LogP contribution is 2.26. The maximum atomic E-state index is 13.0. The molecule has 1 fully saturated rings. The minimum Gasteiger partial charge on any atom is -0.385 e. The Balaban J connectivity index is 1.54. The fourth-order valence-corrected chi connectivity index (χ4v) is 5.25. The van der Waals surface area contributed by atoms with Gasteiger partial charge in [0.25, 0.3) is 5.91 Å². The molecule has 0 bridgehead atoms. The quantitative estimate of drug-likeness (QED) is 0.593. The molecule has 2 aromatic carbocycles. The third kappa shape index (κ3) is 5.83. The summed E-state index contributed by atoms with van der Waals surface area (Å²) < 4.78 is 27.5. The molecule has 1 aliphatic carbocycles. The molecule has 0 radical (unpaired) electrons. The maximum absolute atomic E-state index is 13.0. The van der Waals surface area contributed by atoms with Crippen molar-refractivity contribution >= 4 is 21.6 Å². The van der Waals surface area contributed by atoms with Crippen molar-refractivity contribution in [1.29, 1.82) is 0 Å². The van der Waals surface area contributed by atoms with Gasteiger partial charge in [-0.1, -0.05) is 43.5 Å². The summed E-state index contributed by atoms with van der Waals surface area (Å²) in [4.78, 5) is 12.7. The summed E-state index contributed by atoms with van der Waals surface area (Å²) in [5.41, 5.74) is 1.41. The lowest BCUT2D eigenvalue weighted by Crippen LogP contribution is -2.38. The Morgan fingerprint density at radius 3 is 2.47 bits per heavy atom. The van der Waals surface area contributed by atoms with Gasteiger partial charge in [-0.3, -0.25) is 4.79 Å². The number of anilines is 1. The monoisotopic (exact) mass is 429 g/mol. The van der Waals surface area contributed by atoms with Crippen LogP contribution in [-0.4, -0.2) is 44.8 Å². The normalized spacial score (nSPS) is 15.1. The zero-order chi connectivity index (χ0) is 21.4. The Labute approximate surface area is 179 Å². The number of para-hydroxylation sites is 1. The van der Waals surface area contributed by atoms with Gasteiger partial charge in [-0.25, -0.2) is 8.42 Å². The lowest BCUT2D eigenvalue weighted by molar-refractivity contribution is 0.0953. The summed E-state index contributed by atoms with van der Waals surface area (Å²) in [5, 5.41) is 6.16. The van der Waals surface area contributed by atoms with Crippen LogP contribution in [0.25, 0.3) is 0 Å². The van der Waals surface area contributed by atoms with E-state index in [4.69, 9.17) is 0 Å². The van der Waals surface area contributed by atoms with E-state index >= 15 is 0 Å². The van der Waals surface area contributed by atoms with Crippen LogP contribution < -0.4 is 10.6 Å². The van der Waals surface area contributed by atoms with E-state index in [2.05, 4.69) is 10.6 Å². The molecule has 0 heterocycles. The smallest absolute Gasteiger partial charge is 0.251 e. The predicted molar refractivity (Wildman–Crippen MR) is 120 cm³/mol. The van der Waals surface area contributed by atoms with E-state index in [1.165, 1.54) is 16.8 Å². The predicted octanol–water partition coefficient (Wildman–Crippen LogP) is 3.87. The van der Waals surface area contributed by atoms with Crippen molar-refractivity contribution in [3.05, 3.63) is 60.2 Å². The first kappa shape index (κ1) is 22.3. The molecule has 7 heteroatoms. The first-order valence-corrected chi connectivity index (χ1v) is 12.1. The summed E-state index contributed by atoms with van der Waals surface area (Å²) in [6.07, 6.45) is 5.85. The number of nitrogens with zero attached hydrogens (tertiary/aromatic N) is 1. The molecule has 0 atom stereocenters. The molecule has 0 unspecified atom stereocenters. The van der Waals surface area contributed by atoms with Crippen LogP contribution >= 0.6 is 0 Å². The van der Waals surface area contributed by atoms with Crippen LogP contribution in [0.15, 0.2) is 59.5 Å². The lowest BCUT2D eigenvalue weighted by Gasteiger charge is -2.30. The van der Waals surface area contributed by atoms with E-state index in [-0.39, 0.29) is 16.8 Å². The summed E-state index contributed by atoms with van der Waals surface area (Å²) in [6.45, 7) is 1.25. The lowest BCUT2D eigenvalue weighted by atomic mass is 9.96. The number of benzene rings is 2. The van der Waals surface area contributed by atoms with Crippen molar-refractivity contribution in [2.45, 2.75) is 49.5 Å². The first-order chi connectivity index (χ1) is 14.5. The van der Waals surface area contributed by atoms with E-state index in [0.717, 1.165) is 44.3 Å². The van der Waals surface area contributed by atoms with Gasteiger partial charge in [0.1, 0.15) is 0 Å². The molecule has 0 aromatic heterocycles. The Kier molecular flexibility index (Phi) is 7.87. The number of nitrogens with one attached hydrogen (secondary N) is 2. The van der Waals surface area contributed by atoms with Crippen molar-refractivity contribution in [2.75, 3.05) is 25.5 Å². The zero-order valence-corrected chi connectivity index (χ0v) is 18.3. The van der Waals surface area contributed by atoms with Crippen LogP contribution in [0.3, 0.4) is 0 Å². The van der Waals surface area contributed by atoms with Crippen molar-refractivity contribution in [1.82, 2.24) is 9.62 Å². The van der Waals surface area contributed by atoms with Gasteiger partial charge in [-0.15, -0.1) is 0 Å². The Bertz CT molecular complexity index is 926. The molecule has 162 valence electrons. The average Bonchev–Trinajstić information content (AvgIpc) is 2.79. The number of hydrogen-bond donors (Lipinski definition) is 2. The molecule has 2 aromatic rings. The van der Waals surface area contributed by atoms with E-state index in [1.807, 2.05) is 30.3 Å². The highest BCUT2D eigenvalue weighted by atomic mass is 32.2. The number of hydrogen-bond acceptors (Lipinski definition) is 4. The number of amides is 1. The molecule has 6 nitrogen and oxygen atoms in total. The molecule has 3 rings (SSSR count). The van der Waals surface area contributed by atoms with Gasteiger partial charge in [0.15, 0.2) is 0 Å². The third-order valence-electron chi connectivity index (χ3n) is 5.60. The van der Waals surface area contributed by atoms with Gasteiger partial charge in [0.2, 0.25) is 10.0 Å². The van der Waals surface area contributed by atoms with Crippen LogP contribution in [0.4, 0.5) is 5.69 Å². The highest BCUT2D eigenvalue weighted by Gasteiger charge is 2.29. The minimum absolute atomic E-state index is 0.0401. The SMILES string of the molecule is CN(C1CCCCC1)S(=O)(=O)c1cccc(C(=O)NCCCNc2ccccc2)c1. The third-order valence-corrected chi connectivity index (χ3v) is 7.51. The molecular weight excluding hydrogens is 398 g/mol. The summed E-state index contributed by atoms with van der Waals surface area (Å²) >= 11 is 0. The van der Waals surface area contributed by atoms with E-state index in [9.17, 15) is 13.2 Å². The minimum atomic E-state index is -3.61. The van der Waals surface area contributed by atoms with E-state index in [0.29, 0.717) is 12.1 Å². The van der Waals surface area contributed by atoms with Crippen LogP contribution in [0.5, 0.6) is 0 Å². The fourth-order valence-electron chi connectivity index (χ4n) is 3.79. The van der Waals surface area contributed by atoms with Crippen molar-refractivity contribution in [2.24, 2.45) is 0 Å². The summed E-state index contributed by atoms with van der Waals surface area (Å²) in [6, 6.07) is 16.3. The Hall–Kier alpha value is -2.38. The topological polar surface area (TPSA) is 78.5 Å². The van der Waals surface area contributed by atoms with E-state index < -0.39 is 10.0 Å². The van der Waals surface area contributed by atoms with Gasteiger partial charge in [-0.05, 0) is 49.6 Å². The second kappa shape index (κ2) is 10.6. The second-order valence-corrected chi connectivity index (χ2v) is 9.74. The largest absolute Gasteiger partial charge is 0.385 e. The molecule has 30 heavy (non-hydrogen) atoms. The van der Waals surface area contributed by atoms with Crippen molar-refractivity contribution in [3.63, 3.8) is 0 Å². The average molecular weight is 430 g/mol. The molecule has 1 saturated carbocycles. The molecule has 2 N–H and O–H groups in total. The molecule has 0 aliphatic heterocycles. The number of carbonyl (C=O) groups excluding carboxylic acids is 1. The molecule has 1 amide bonds. The maximum Gasteiger partial charge on any atom is 0.251 e. The van der Waals surface area contributed by atoms with Crippen molar-refractivity contribution < 1.29 is 13.2 Å². The van der Waals surface area contributed by atoms with Crippen molar-refractivity contribution in [3.8, 4) is 0 Å². The molecule has 0 spiro atoms. The Morgan fingerprint density at radius 2 is 1.73 bits per heavy atom. The number of sulfonamides is 1. The molecule has 1 aliphatic rings. The van der Waals surface area contributed by atoms with E-state index in [1.54, 1.807) is 25.2 Å². The summed E-state index contributed by atoms with van der Waals surface area (Å²) in [7, 11) is -1.96. The molecule has 0 saturated heterocycles. The number of carbonyl (C=O) groups is 1. The summed E-state index contributed by atoms with van der Waals surface area (Å²) in [5.74, 6) is -0.257. The zero-order valence-electron chi connectivity index (χ0n) is 17.5. The van der Waals surface area contributed by atoms with Crippen LogP contribution in [-0.2, 0) is 10.0 Å². The number of rotatable bonds is 9. The van der Waals surface area contributed by atoms with Gasteiger partial charge < -0.3 is 10.6 Å². The van der Waals surface area contributed by atoms with Gasteiger partial charge >= 0.3 is 0 Å².